The Kier molecular flexibility index (Phi) is 3.57. The minimum absolute atomic E-state index is 0.529. The second kappa shape index (κ2) is 4.70. The minimum atomic E-state index is 0.529. The summed E-state index contributed by atoms with van der Waals surface area (Å²) in [5, 5.41) is 0. The smallest absolute Gasteiger partial charge is 0.115 e. The fourth-order valence-electron chi connectivity index (χ4n) is 1.23. The lowest BCUT2D eigenvalue weighted by Crippen LogP contribution is -1.87. The van der Waals surface area contributed by atoms with E-state index in [0.717, 1.165) is 11.3 Å². The molecule has 1 rings (SSSR count). The fourth-order valence-corrected chi connectivity index (χ4v) is 1.23. The lowest BCUT2D eigenvalue weighted by Gasteiger charge is -2.07. The normalized spacial score (nSPS) is 11.1. The molecule has 1 aromatic carbocycles. The molecule has 0 fully saturated rings. The molecular formula is C12H16N2. The zero-order chi connectivity index (χ0) is 10.6. The highest BCUT2D eigenvalue weighted by Gasteiger charge is 2.01. The molecule has 0 saturated carbocycles. The molecule has 0 amide bonds. The van der Waals surface area contributed by atoms with Gasteiger partial charge in [-0.25, -0.2) is 4.99 Å². The predicted octanol–water partition coefficient (Wildman–Crippen LogP) is 3.48. The summed E-state index contributed by atoms with van der Waals surface area (Å²) in [5.41, 5.74) is 3.43. The average molecular weight is 188 g/mol. The van der Waals surface area contributed by atoms with Crippen LogP contribution in [0.3, 0.4) is 0 Å². The molecule has 2 heteroatoms. The molecule has 0 aliphatic heterocycles. The highest BCUT2D eigenvalue weighted by atomic mass is 14.8. The first-order valence-electron chi connectivity index (χ1n) is 4.74. The van der Waals surface area contributed by atoms with Gasteiger partial charge in [-0.3, -0.25) is 4.99 Å². The number of benzene rings is 1. The molecule has 0 radical (unpaired) electrons. The third-order valence-electron chi connectivity index (χ3n) is 2.18. The number of aliphatic imine (C=N–C) groups is 2. The van der Waals surface area contributed by atoms with E-state index in [0.29, 0.717) is 5.92 Å². The van der Waals surface area contributed by atoms with E-state index in [4.69, 9.17) is 0 Å². The topological polar surface area (TPSA) is 24.7 Å². The quantitative estimate of drug-likeness (QED) is 0.512. The fraction of sp³-hybridized carbons (Fsp3) is 0.333. The van der Waals surface area contributed by atoms with Gasteiger partial charge in [0, 0.05) is 0 Å². The first-order valence-corrected chi connectivity index (χ1v) is 4.74. The van der Waals surface area contributed by atoms with Crippen molar-refractivity contribution in [3.8, 4) is 0 Å². The number of aryl methyl sites for hydroxylation is 1. The Morgan fingerprint density at radius 3 is 2.64 bits per heavy atom. The Balaban J connectivity index is 3.08. The van der Waals surface area contributed by atoms with Gasteiger partial charge in [0.05, 0.1) is 5.69 Å². The maximum atomic E-state index is 4.21. The van der Waals surface area contributed by atoms with Crippen molar-refractivity contribution in [1.82, 2.24) is 0 Å². The highest BCUT2D eigenvalue weighted by molar-refractivity contribution is 5.67. The molecule has 0 aliphatic rings. The van der Waals surface area contributed by atoms with Crippen LogP contribution in [0.2, 0.25) is 0 Å². The van der Waals surface area contributed by atoms with Gasteiger partial charge in [0.15, 0.2) is 0 Å². The summed E-state index contributed by atoms with van der Waals surface area (Å²) in [6, 6.07) is 6.33. The maximum Gasteiger partial charge on any atom is 0.115 e. The van der Waals surface area contributed by atoms with Crippen LogP contribution in [0.4, 0.5) is 5.69 Å². The number of nitrogens with zero attached hydrogens (tertiary/aromatic N) is 2. The summed E-state index contributed by atoms with van der Waals surface area (Å²) in [5.74, 6) is 0.529. The first kappa shape index (κ1) is 10.6. The molecule has 1 aromatic rings. The van der Waals surface area contributed by atoms with Gasteiger partial charge < -0.3 is 0 Å². The van der Waals surface area contributed by atoms with Gasteiger partial charge in [-0.05, 0) is 36.8 Å². The van der Waals surface area contributed by atoms with Crippen molar-refractivity contribution in [2.45, 2.75) is 26.7 Å². The molecule has 0 bridgehead atoms. The first-order chi connectivity index (χ1) is 6.65. The summed E-state index contributed by atoms with van der Waals surface area (Å²) >= 11 is 0. The van der Waals surface area contributed by atoms with Crippen molar-refractivity contribution in [3.63, 3.8) is 0 Å². The van der Waals surface area contributed by atoms with Crippen LogP contribution >= 0.6 is 0 Å². The van der Waals surface area contributed by atoms with Gasteiger partial charge >= 0.3 is 0 Å². The zero-order valence-electron chi connectivity index (χ0n) is 8.99. The summed E-state index contributed by atoms with van der Waals surface area (Å²) in [4.78, 5) is 7.82. The highest BCUT2D eigenvalue weighted by Crippen LogP contribution is 2.24. The van der Waals surface area contributed by atoms with E-state index in [1.165, 1.54) is 11.9 Å². The molecule has 0 unspecified atom stereocenters. The van der Waals surface area contributed by atoms with E-state index in [1.807, 2.05) is 6.92 Å². The van der Waals surface area contributed by atoms with E-state index in [9.17, 15) is 0 Å². The van der Waals surface area contributed by atoms with Crippen molar-refractivity contribution in [3.05, 3.63) is 29.3 Å². The Hall–Kier alpha value is -1.44. The molecule has 0 aromatic heterocycles. The third-order valence-corrected chi connectivity index (χ3v) is 2.18. The Bertz CT molecular complexity index is 351. The van der Waals surface area contributed by atoms with Crippen molar-refractivity contribution in [1.29, 1.82) is 0 Å². The second-order valence-corrected chi connectivity index (χ2v) is 3.63. The minimum Gasteiger partial charge on any atom is -0.253 e. The summed E-state index contributed by atoms with van der Waals surface area (Å²) in [7, 11) is 0. The van der Waals surface area contributed by atoms with Crippen LogP contribution in [-0.2, 0) is 0 Å². The molecular weight excluding hydrogens is 172 g/mol. The van der Waals surface area contributed by atoms with Crippen molar-refractivity contribution < 1.29 is 0 Å². The van der Waals surface area contributed by atoms with Gasteiger partial charge in [0.1, 0.15) is 6.34 Å². The SMILES string of the molecule is C=NC=Nc1cc(C(C)C)ccc1C. The lowest BCUT2D eigenvalue weighted by atomic mass is 10.0. The molecule has 2 nitrogen and oxygen atoms in total. The van der Waals surface area contributed by atoms with E-state index in [1.54, 1.807) is 0 Å². The standard InChI is InChI=1S/C12H16N2/c1-9(2)11-6-5-10(3)12(7-11)14-8-13-4/h5-9H,4H2,1-3H3. The van der Waals surface area contributed by atoms with Gasteiger partial charge in [-0.2, -0.15) is 0 Å². The number of hydrogen-bond donors (Lipinski definition) is 0. The van der Waals surface area contributed by atoms with Crippen LogP contribution in [0.1, 0.15) is 30.9 Å². The lowest BCUT2D eigenvalue weighted by molar-refractivity contribution is 0.866. The zero-order valence-corrected chi connectivity index (χ0v) is 8.99. The van der Waals surface area contributed by atoms with Crippen LogP contribution in [0.15, 0.2) is 28.2 Å². The Labute approximate surface area is 85.4 Å². The Morgan fingerprint density at radius 1 is 1.36 bits per heavy atom. The van der Waals surface area contributed by atoms with Gasteiger partial charge in [-0.1, -0.05) is 26.0 Å². The number of rotatable bonds is 3. The second-order valence-electron chi connectivity index (χ2n) is 3.63. The monoisotopic (exact) mass is 188 g/mol. The maximum absolute atomic E-state index is 4.21. The molecule has 0 atom stereocenters. The van der Waals surface area contributed by atoms with Crippen LogP contribution in [0.25, 0.3) is 0 Å². The van der Waals surface area contributed by atoms with E-state index < -0.39 is 0 Å². The van der Waals surface area contributed by atoms with E-state index >= 15 is 0 Å². The largest absolute Gasteiger partial charge is 0.253 e. The molecule has 74 valence electrons. The van der Waals surface area contributed by atoms with E-state index in [-0.39, 0.29) is 0 Å². The van der Waals surface area contributed by atoms with Crippen molar-refractivity contribution in [2.75, 3.05) is 0 Å². The summed E-state index contributed by atoms with van der Waals surface area (Å²) < 4.78 is 0. The van der Waals surface area contributed by atoms with Gasteiger partial charge in [-0.15, -0.1) is 0 Å². The van der Waals surface area contributed by atoms with Crippen molar-refractivity contribution >= 4 is 18.7 Å². The van der Waals surface area contributed by atoms with Crippen LogP contribution in [-0.4, -0.2) is 13.1 Å². The van der Waals surface area contributed by atoms with Crippen molar-refractivity contribution in [2.24, 2.45) is 9.98 Å². The van der Waals surface area contributed by atoms with Gasteiger partial charge in [0.2, 0.25) is 0 Å². The van der Waals surface area contributed by atoms with Crippen LogP contribution < -0.4 is 0 Å². The van der Waals surface area contributed by atoms with Crippen LogP contribution in [0, 0.1) is 6.92 Å². The summed E-state index contributed by atoms with van der Waals surface area (Å²) in [6.07, 6.45) is 1.48. The van der Waals surface area contributed by atoms with E-state index in [2.05, 4.69) is 48.7 Å². The molecule has 14 heavy (non-hydrogen) atoms. The average Bonchev–Trinajstić information content (AvgIpc) is 2.16. The Morgan fingerprint density at radius 2 is 2.07 bits per heavy atom. The summed E-state index contributed by atoms with van der Waals surface area (Å²) in [6.45, 7) is 9.75. The molecule has 0 heterocycles. The van der Waals surface area contributed by atoms with Crippen LogP contribution in [0.5, 0.6) is 0 Å². The predicted molar refractivity (Wildman–Crippen MR) is 63.0 cm³/mol. The molecule has 0 N–H and O–H groups in total. The molecule has 0 spiro atoms. The molecule has 0 aliphatic carbocycles. The number of hydrogen-bond acceptors (Lipinski definition) is 1. The third kappa shape index (κ3) is 2.52. The molecule has 0 saturated heterocycles. The van der Waals surface area contributed by atoms with Gasteiger partial charge in [0.25, 0.3) is 0 Å².